The van der Waals surface area contributed by atoms with Crippen LogP contribution in [0.15, 0.2) is 5.16 Å². The first-order valence-corrected chi connectivity index (χ1v) is 6.84. The number of aromatic nitrogens is 3. The van der Waals surface area contributed by atoms with E-state index in [2.05, 4.69) is 17.1 Å². The second-order valence-electron chi connectivity index (χ2n) is 3.93. The van der Waals surface area contributed by atoms with Crippen LogP contribution < -0.4 is 5.73 Å². The second-order valence-corrected chi connectivity index (χ2v) is 5.10. The normalized spacial score (nSPS) is 12.4. The van der Waals surface area contributed by atoms with Crippen LogP contribution in [-0.4, -0.2) is 33.1 Å². The predicted octanol–water partition coefficient (Wildman–Crippen LogP) is 1.10. The summed E-state index contributed by atoms with van der Waals surface area (Å²) in [5.74, 6) is 0.488. The summed E-state index contributed by atoms with van der Waals surface area (Å²) < 4.78 is 6.62. The van der Waals surface area contributed by atoms with Gasteiger partial charge in [-0.1, -0.05) is 31.5 Å². The van der Waals surface area contributed by atoms with Gasteiger partial charge in [-0.2, -0.15) is 0 Å². The van der Waals surface area contributed by atoms with Gasteiger partial charge in [-0.15, -0.1) is 10.2 Å². The smallest absolute Gasteiger partial charge is 0.319 e. The van der Waals surface area contributed by atoms with Gasteiger partial charge in [-0.05, 0) is 6.42 Å². The number of hydrogen-bond acceptors (Lipinski definition) is 6. The average Bonchev–Trinajstić information content (AvgIpc) is 2.74. The van der Waals surface area contributed by atoms with Crippen LogP contribution in [-0.2, 0) is 23.1 Å². The molecule has 0 aliphatic rings. The quantitative estimate of drug-likeness (QED) is 0.591. The van der Waals surface area contributed by atoms with E-state index in [9.17, 15) is 4.79 Å². The van der Waals surface area contributed by atoms with Crippen molar-refractivity contribution in [2.24, 2.45) is 12.8 Å². The molecule has 0 unspecified atom stereocenters. The van der Waals surface area contributed by atoms with Crippen molar-refractivity contribution in [2.45, 2.75) is 43.1 Å². The van der Waals surface area contributed by atoms with Gasteiger partial charge in [-0.25, -0.2) is 0 Å². The van der Waals surface area contributed by atoms with E-state index in [-0.39, 0.29) is 11.2 Å². The van der Waals surface area contributed by atoms with Crippen molar-refractivity contribution in [3.8, 4) is 0 Å². The van der Waals surface area contributed by atoms with Gasteiger partial charge in [0.25, 0.3) is 0 Å². The summed E-state index contributed by atoms with van der Waals surface area (Å²) in [6.45, 7) is 2.43. The minimum Gasteiger partial charge on any atom is -0.468 e. The van der Waals surface area contributed by atoms with Crippen LogP contribution in [0.5, 0.6) is 0 Å². The Morgan fingerprint density at radius 3 is 2.78 bits per heavy atom. The number of thioether (sulfide) groups is 1. The molecule has 1 heterocycles. The molecule has 7 heteroatoms. The molecule has 2 N–H and O–H groups in total. The molecule has 0 aliphatic heterocycles. The highest BCUT2D eigenvalue weighted by molar-refractivity contribution is 8.00. The van der Waals surface area contributed by atoms with E-state index in [1.165, 1.54) is 18.9 Å². The lowest BCUT2D eigenvalue weighted by atomic mass is 10.2. The molecule has 0 aromatic carbocycles. The molecular formula is C11H20N4O2S. The molecule has 0 saturated carbocycles. The first-order chi connectivity index (χ1) is 8.63. The summed E-state index contributed by atoms with van der Waals surface area (Å²) in [6, 6.07) is 0. The van der Waals surface area contributed by atoms with E-state index in [1.807, 2.05) is 11.6 Å². The number of carbonyl (C=O) groups is 1. The lowest BCUT2D eigenvalue weighted by Crippen LogP contribution is -2.19. The summed E-state index contributed by atoms with van der Waals surface area (Å²) >= 11 is 1.38. The summed E-state index contributed by atoms with van der Waals surface area (Å²) in [5.41, 5.74) is 5.54. The highest BCUT2D eigenvalue weighted by Gasteiger charge is 2.23. The van der Waals surface area contributed by atoms with Crippen LogP contribution >= 0.6 is 11.8 Å². The average molecular weight is 272 g/mol. The van der Waals surface area contributed by atoms with E-state index in [1.54, 1.807) is 0 Å². The molecule has 1 aromatic heterocycles. The maximum Gasteiger partial charge on any atom is 0.319 e. The summed E-state index contributed by atoms with van der Waals surface area (Å²) in [4.78, 5) is 11.7. The zero-order valence-corrected chi connectivity index (χ0v) is 11.9. The van der Waals surface area contributed by atoms with E-state index >= 15 is 0 Å². The monoisotopic (exact) mass is 272 g/mol. The zero-order chi connectivity index (χ0) is 13.5. The number of nitrogens with two attached hydrogens (primary N) is 1. The maximum absolute atomic E-state index is 11.7. The fourth-order valence-electron chi connectivity index (χ4n) is 1.50. The van der Waals surface area contributed by atoms with Crippen molar-refractivity contribution in [3.63, 3.8) is 0 Å². The van der Waals surface area contributed by atoms with Gasteiger partial charge >= 0.3 is 5.97 Å². The fraction of sp³-hybridized carbons (Fsp3) is 0.727. The van der Waals surface area contributed by atoms with Crippen molar-refractivity contribution < 1.29 is 9.53 Å². The van der Waals surface area contributed by atoms with Crippen molar-refractivity contribution in [1.82, 2.24) is 14.8 Å². The van der Waals surface area contributed by atoms with Crippen molar-refractivity contribution in [3.05, 3.63) is 5.82 Å². The van der Waals surface area contributed by atoms with Gasteiger partial charge < -0.3 is 15.0 Å². The van der Waals surface area contributed by atoms with Crippen molar-refractivity contribution >= 4 is 17.7 Å². The molecule has 1 rings (SSSR count). The zero-order valence-electron chi connectivity index (χ0n) is 11.0. The van der Waals surface area contributed by atoms with Crippen LogP contribution in [0.25, 0.3) is 0 Å². The number of methoxy groups -OCH3 is 1. The molecule has 0 saturated heterocycles. The van der Waals surface area contributed by atoms with E-state index in [0.29, 0.717) is 17.5 Å². The molecule has 0 radical (unpaired) electrons. The molecule has 1 atom stereocenters. The Morgan fingerprint density at radius 1 is 1.56 bits per heavy atom. The SMILES string of the molecule is CCCC[C@H](Sc1nnc(CN)n1C)C(=O)OC. The van der Waals surface area contributed by atoms with Crippen molar-refractivity contribution in [2.75, 3.05) is 7.11 Å². The van der Waals surface area contributed by atoms with Gasteiger partial charge in [0.15, 0.2) is 5.16 Å². The van der Waals surface area contributed by atoms with Gasteiger partial charge in [0.2, 0.25) is 0 Å². The first-order valence-electron chi connectivity index (χ1n) is 5.96. The summed E-state index contributed by atoms with van der Waals surface area (Å²) in [5, 5.41) is 8.47. The second kappa shape index (κ2) is 7.38. The Hall–Kier alpha value is -1.08. The number of ether oxygens (including phenoxy) is 1. The Morgan fingerprint density at radius 2 is 2.28 bits per heavy atom. The standard InChI is InChI=1S/C11H20N4O2S/c1-4-5-6-8(10(16)17-3)18-11-14-13-9(7-12)15(11)2/h8H,4-7,12H2,1-3H3/t8-/m0/s1. The minimum atomic E-state index is -0.233. The topological polar surface area (TPSA) is 83.0 Å². The van der Waals surface area contributed by atoms with E-state index < -0.39 is 0 Å². The number of carbonyl (C=O) groups excluding carboxylic acids is 1. The highest BCUT2D eigenvalue weighted by Crippen LogP contribution is 2.26. The third-order valence-electron chi connectivity index (χ3n) is 2.64. The van der Waals surface area contributed by atoms with Crippen LogP contribution in [0.3, 0.4) is 0 Å². The summed E-state index contributed by atoms with van der Waals surface area (Å²) in [6.07, 6.45) is 2.80. The molecular weight excluding hydrogens is 252 g/mol. The molecule has 102 valence electrons. The number of rotatable bonds is 7. The molecule has 18 heavy (non-hydrogen) atoms. The van der Waals surface area contributed by atoms with Gasteiger partial charge in [0, 0.05) is 7.05 Å². The van der Waals surface area contributed by atoms with Gasteiger partial charge in [0.1, 0.15) is 11.1 Å². The maximum atomic E-state index is 11.7. The number of esters is 1. The summed E-state index contributed by atoms with van der Waals surface area (Å²) in [7, 11) is 3.25. The lowest BCUT2D eigenvalue weighted by molar-refractivity contribution is -0.140. The van der Waals surface area contributed by atoms with Crippen LogP contribution in [0, 0.1) is 0 Å². The highest BCUT2D eigenvalue weighted by atomic mass is 32.2. The van der Waals surface area contributed by atoms with Gasteiger partial charge in [-0.3, -0.25) is 4.79 Å². The van der Waals surface area contributed by atoms with Crippen LogP contribution in [0.1, 0.15) is 32.0 Å². The van der Waals surface area contributed by atoms with Crippen molar-refractivity contribution in [1.29, 1.82) is 0 Å². The first kappa shape index (κ1) is 15.0. The van der Waals surface area contributed by atoms with Crippen LogP contribution in [0.4, 0.5) is 0 Å². The Balaban J connectivity index is 2.75. The molecule has 6 nitrogen and oxygen atoms in total. The molecule has 0 amide bonds. The Labute approximate surface area is 111 Å². The number of nitrogens with zero attached hydrogens (tertiary/aromatic N) is 3. The number of unbranched alkanes of at least 4 members (excludes halogenated alkanes) is 1. The minimum absolute atomic E-state index is 0.217. The Kier molecular flexibility index (Phi) is 6.14. The molecule has 0 spiro atoms. The number of hydrogen-bond donors (Lipinski definition) is 1. The molecule has 0 aliphatic carbocycles. The third kappa shape index (κ3) is 3.71. The van der Waals surface area contributed by atoms with E-state index in [4.69, 9.17) is 10.5 Å². The molecule has 0 fully saturated rings. The predicted molar refractivity (Wildman–Crippen MR) is 70.1 cm³/mol. The van der Waals surface area contributed by atoms with Gasteiger partial charge in [0.05, 0.1) is 13.7 Å². The Bertz CT molecular complexity index is 394. The third-order valence-corrected chi connectivity index (χ3v) is 3.92. The molecule has 0 bridgehead atoms. The van der Waals surface area contributed by atoms with Crippen LogP contribution in [0.2, 0.25) is 0 Å². The fourth-order valence-corrected chi connectivity index (χ4v) is 2.58. The van der Waals surface area contributed by atoms with E-state index in [0.717, 1.165) is 19.3 Å². The largest absolute Gasteiger partial charge is 0.468 e. The lowest BCUT2D eigenvalue weighted by Gasteiger charge is -2.13. The molecule has 1 aromatic rings.